The average Bonchev–Trinajstić information content (AvgIpc) is 2.74. The van der Waals surface area contributed by atoms with Crippen molar-refractivity contribution in [2.24, 2.45) is 5.73 Å². The van der Waals surface area contributed by atoms with E-state index in [4.69, 9.17) is 10.5 Å². The minimum atomic E-state index is -0.245. The van der Waals surface area contributed by atoms with Crippen LogP contribution >= 0.6 is 0 Å². The number of ether oxygens (including phenoxy) is 1. The summed E-state index contributed by atoms with van der Waals surface area (Å²) in [5.41, 5.74) is 5.46. The van der Waals surface area contributed by atoms with Crippen molar-refractivity contribution >= 4 is 11.7 Å². The Kier molecular flexibility index (Phi) is 5.11. The van der Waals surface area contributed by atoms with Gasteiger partial charge >= 0.3 is 0 Å². The van der Waals surface area contributed by atoms with Gasteiger partial charge in [-0.15, -0.1) is 0 Å². The van der Waals surface area contributed by atoms with E-state index in [-0.39, 0.29) is 24.5 Å². The van der Waals surface area contributed by atoms with E-state index in [1.807, 2.05) is 13.8 Å². The van der Waals surface area contributed by atoms with E-state index < -0.39 is 0 Å². The van der Waals surface area contributed by atoms with E-state index in [2.05, 4.69) is 10.4 Å². The Morgan fingerprint density at radius 2 is 2.35 bits per heavy atom. The first-order valence-electron chi connectivity index (χ1n) is 5.64. The lowest BCUT2D eigenvalue weighted by molar-refractivity contribution is -0.118. The van der Waals surface area contributed by atoms with Crippen LogP contribution < -0.4 is 11.1 Å². The molecule has 0 aromatic carbocycles. The third kappa shape index (κ3) is 3.83. The van der Waals surface area contributed by atoms with Crippen molar-refractivity contribution in [3.63, 3.8) is 0 Å². The number of nitrogens with two attached hydrogens (primary N) is 1. The van der Waals surface area contributed by atoms with Crippen LogP contribution in [0.2, 0.25) is 0 Å². The zero-order chi connectivity index (χ0) is 12.8. The number of hydrogen-bond donors (Lipinski definition) is 2. The summed E-state index contributed by atoms with van der Waals surface area (Å²) in [5, 5.41) is 6.93. The maximum Gasteiger partial charge on any atom is 0.228 e. The summed E-state index contributed by atoms with van der Waals surface area (Å²) in [6, 6.07) is 1.97. The summed E-state index contributed by atoms with van der Waals surface area (Å²) >= 11 is 0. The largest absolute Gasteiger partial charge is 0.380 e. The number of methoxy groups -OCH3 is 1. The Balaban J connectivity index is 2.59. The first-order chi connectivity index (χ1) is 8.08. The maximum atomic E-state index is 11.7. The number of carbonyl (C=O) groups is 1. The number of rotatable bonds is 6. The molecule has 3 N–H and O–H groups in total. The van der Waals surface area contributed by atoms with E-state index in [9.17, 15) is 4.79 Å². The van der Waals surface area contributed by atoms with Gasteiger partial charge in [0.1, 0.15) is 5.82 Å². The summed E-state index contributed by atoms with van der Waals surface area (Å²) in [6.07, 6.45) is 1.66. The normalized spacial score (nSPS) is 12.8. The first-order valence-corrected chi connectivity index (χ1v) is 5.64. The molecule has 1 amide bonds. The second-order valence-electron chi connectivity index (χ2n) is 4.10. The lowest BCUT2D eigenvalue weighted by atomic mass is 10.2. The van der Waals surface area contributed by atoms with Crippen molar-refractivity contribution in [3.8, 4) is 0 Å². The highest BCUT2D eigenvalue weighted by Gasteiger charge is 2.14. The van der Waals surface area contributed by atoms with Crippen LogP contribution in [0.15, 0.2) is 12.3 Å². The van der Waals surface area contributed by atoms with Crippen molar-refractivity contribution in [3.05, 3.63) is 12.3 Å². The first kappa shape index (κ1) is 13.7. The predicted octanol–water partition coefficient (Wildman–Crippen LogP) is 0.766. The van der Waals surface area contributed by atoms with Gasteiger partial charge in [0.2, 0.25) is 5.91 Å². The van der Waals surface area contributed by atoms with Crippen molar-refractivity contribution < 1.29 is 9.53 Å². The molecule has 1 atom stereocenters. The van der Waals surface area contributed by atoms with Crippen LogP contribution in [-0.4, -0.2) is 35.4 Å². The Bertz CT molecular complexity index is 358. The molecule has 6 nitrogen and oxygen atoms in total. The van der Waals surface area contributed by atoms with E-state index in [1.54, 1.807) is 24.1 Å². The lowest BCUT2D eigenvalue weighted by Gasteiger charge is -2.14. The van der Waals surface area contributed by atoms with Gasteiger partial charge in [-0.1, -0.05) is 0 Å². The van der Waals surface area contributed by atoms with Gasteiger partial charge in [0.15, 0.2) is 0 Å². The fourth-order valence-corrected chi connectivity index (χ4v) is 1.49. The van der Waals surface area contributed by atoms with Gasteiger partial charge in [0, 0.05) is 25.8 Å². The number of anilines is 1. The van der Waals surface area contributed by atoms with Gasteiger partial charge in [0.25, 0.3) is 0 Å². The van der Waals surface area contributed by atoms with E-state index in [0.717, 1.165) is 0 Å². The zero-order valence-corrected chi connectivity index (χ0v) is 10.5. The van der Waals surface area contributed by atoms with Gasteiger partial charge in [-0.05, 0) is 13.8 Å². The summed E-state index contributed by atoms with van der Waals surface area (Å²) in [5.74, 6) is 0.571. The third-order valence-electron chi connectivity index (χ3n) is 2.44. The highest BCUT2D eigenvalue weighted by Crippen LogP contribution is 2.13. The summed E-state index contributed by atoms with van der Waals surface area (Å²) < 4.78 is 6.81. The monoisotopic (exact) mass is 240 g/mol. The second-order valence-corrected chi connectivity index (χ2v) is 4.10. The molecule has 1 aromatic heterocycles. The molecule has 6 heteroatoms. The van der Waals surface area contributed by atoms with Gasteiger partial charge in [0.05, 0.1) is 18.7 Å². The molecule has 0 saturated carbocycles. The molecular formula is C11H20N4O2. The average molecular weight is 240 g/mol. The van der Waals surface area contributed by atoms with E-state index in [0.29, 0.717) is 12.4 Å². The Labute approximate surface area is 101 Å². The number of hydrogen-bond acceptors (Lipinski definition) is 4. The molecule has 1 rings (SSSR count). The third-order valence-corrected chi connectivity index (χ3v) is 2.44. The van der Waals surface area contributed by atoms with E-state index >= 15 is 0 Å². The molecule has 1 unspecified atom stereocenters. The number of amides is 1. The molecule has 96 valence electrons. The molecule has 0 fully saturated rings. The molecule has 0 aliphatic heterocycles. The Morgan fingerprint density at radius 3 is 2.88 bits per heavy atom. The minimum absolute atomic E-state index is 0.121. The highest BCUT2D eigenvalue weighted by atomic mass is 16.5. The fraction of sp³-hybridized carbons (Fsp3) is 0.636. The molecule has 1 aromatic rings. The van der Waals surface area contributed by atoms with Crippen LogP contribution in [0, 0.1) is 0 Å². The van der Waals surface area contributed by atoms with Crippen molar-refractivity contribution in [2.45, 2.75) is 32.4 Å². The van der Waals surface area contributed by atoms with Crippen molar-refractivity contribution in [1.82, 2.24) is 9.78 Å². The quantitative estimate of drug-likeness (QED) is 0.769. The Hall–Kier alpha value is -1.40. The SMILES string of the molecule is COC(CN)CC(=O)Nc1ccnn1C(C)C. The van der Waals surface area contributed by atoms with Crippen molar-refractivity contribution in [2.75, 3.05) is 19.0 Å². The highest BCUT2D eigenvalue weighted by molar-refractivity contribution is 5.90. The summed E-state index contributed by atoms with van der Waals surface area (Å²) in [6.45, 7) is 4.33. The number of nitrogens with zero attached hydrogens (tertiary/aromatic N) is 2. The minimum Gasteiger partial charge on any atom is -0.380 e. The van der Waals surface area contributed by atoms with Crippen LogP contribution in [0.1, 0.15) is 26.3 Å². The maximum absolute atomic E-state index is 11.7. The molecule has 17 heavy (non-hydrogen) atoms. The van der Waals surface area contributed by atoms with Gasteiger partial charge in [-0.2, -0.15) is 5.10 Å². The number of aromatic nitrogens is 2. The van der Waals surface area contributed by atoms with E-state index in [1.165, 1.54) is 0 Å². The standard InChI is InChI=1S/C11H20N4O2/c1-8(2)15-10(4-5-13-15)14-11(16)6-9(7-12)17-3/h4-5,8-9H,6-7,12H2,1-3H3,(H,14,16). The van der Waals surface area contributed by atoms with Gasteiger partial charge in [-0.25, -0.2) is 4.68 Å². The second kappa shape index (κ2) is 6.36. The topological polar surface area (TPSA) is 82.2 Å². The molecule has 0 radical (unpaired) electrons. The predicted molar refractivity (Wildman–Crippen MR) is 65.7 cm³/mol. The van der Waals surface area contributed by atoms with Crippen molar-refractivity contribution in [1.29, 1.82) is 0 Å². The molecule has 0 spiro atoms. The summed E-state index contributed by atoms with van der Waals surface area (Å²) in [7, 11) is 1.54. The molecule has 1 heterocycles. The zero-order valence-electron chi connectivity index (χ0n) is 10.5. The molecule has 0 aliphatic carbocycles. The van der Waals surface area contributed by atoms with Crippen LogP contribution in [0.25, 0.3) is 0 Å². The molecule has 0 bridgehead atoms. The van der Waals surface area contributed by atoms with Crippen LogP contribution in [-0.2, 0) is 9.53 Å². The lowest BCUT2D eigenvalue weighted by Crippen LogP contribution is -2.28. The molecule has 0 saturated heterocycles. The van der Waals surface area contributed by atoms with Gasteiger partial charge < -0.3 is 15.8 Å². The number of nitrogens with one attached hydrogen (secondary N) is 1. The number of carbonyl (C=O) groups excluding carboxylic acids is 1. The smallest absolute Gasteiger partial charge is 0.228 e. The van der Waals surface area contributed by atoms with Crippen LogP contribution in [0.3, 0.4) is 0 Å². The Morgan fingerprint density at radius 1 is 1.65 bits per heavy atom. The summed E-state index contributed by atoms with van der Waals surface area (Å²) in [4.78, 5) is 11.7. The molecular weight excluding hydrogens is 220 g/mol. The van der Waals surface area contributed by atoms with Crippen LogP contribution in [0.5, 0.6) is 0 Å². The van der Waals surface area contributed by atoms with Gasteiger partial charge in [-0.3, -0.25) is 4.79 Å². The van der Waals surface area contributed by atoms with Crippen LogP contribution in [0.4, 0.5) is 5.82 Å². The fourth-order valence-electron chi connectivity index (χ4n) is 1.49. The molecule has 0 aliphatic rings.